The fraction of sp³-hybridized carbons (Fsp3) is 0.0435. The van der Waals surface area contributed by atoms with E-state index in [2.05, 4.69) is 137 Å². The number of pyridine rings is 2. The third-order valence-corrected chi connectivity index (χ3v) is 10.6. The molecule has 0 bridgehead atoms. The van der Waals surface area contributed by atoms with Crippen molar-refractivity contribution >= 4 is 38.9 Å². The quantitative estimate of drug-likeness (QED) is 0.171. The lowest BCUT2D eigenvalue weighted by molar-refractivity contribution is 0.963. The van der Waals surface area contributed by atoms with Gasteiger partial charge in [0, 0.05) is 69.1 Å². The molecule has 0 amide bonds. The highest BCUT2D eigenvalue weighted by Crippen LogP contribution is 2.38. The number of allylic oxidation sites excluding steroid dienone is 1. The molecule has 260 valence electrons. The molecule has 0 saturated heterocycles. The van der Waals surface area contributed by atoms with Crippen molar-refractivity contribution in [2.75, 3.05) is 0 Å². The van der Waals surface area contributed by atoms with Gasteiger partial charge in [-0.25, -0.2) is 24.9 Å². The number of aryl methyl sites for hydroxylation is 1. The van der Waals surface area contributed by atoms with E-state index in [1.54, 1.807) is 0 Å². The molecule has 4 aromatic carbocycles. The Kier molecular flexibility index (Phi) is 7.09. The maximum atomic E-state index is 5.02. The summed E-state index contributed by atoms with van der Waals surface area (Å²) in [5, 5.41) is 3.42. The zero-order valence-electron chi connectivity index (χ0n) is 29.5. The van der Waals surface area contributed by atoms with Crippen LogP contribution in [0.25, 0.3) is 89.9 Å². The van der Waals surface area contributed by atoms with Crippen molar-refractivity contribution in [3.63, 3.8) is 0 Å². The van der Waals surface area contributed by atoms with Crippen molar-refractivity contribution in [1.29, 1.82) is 0 Å². The fourth-order valence-corrected chi connectivity index (χ4v) is 8.13. The van der Waals surface area contributed by atoms with Crippen LogP contribution in [0.2, 0.25) is 0 Å². The summed E-state index contributed by atoms with van der Waals surface area (Å²) in [5.74, 6) is 1.52. The molecule has 0 N–H and O–H groups in total. The van der Waals surface area contributed by atoms with Gasteiger partial charge in [0.05, 0.1) is 22.9 Å². The number of hydrogen-bond acceptors (Lipinski definition) is 6. The first-order valence-electron chi connectivity index (χ1n) is 18.3. The van der Waals surface area contributed by atoms with Crippen LogP contribution in [-0.4, -0.2) is 43.6 Å². The first kappa shape index (κ1) is 31.0. The number of imidazole rings is 1. The summed E-state index contributed by atoms with van der Waals surface area (Å²) >= 11 is 0. The van der Waals surface area contributed by atoms with Crippen LogP contribution in [0, 0.1) is 0 Å². The second-order valence-electron chi connectivity index (χ2n) is 13.7. The van der Waals surface area contributed by atoms with Crippen LogP contribution in [0.5, 0.6) is 0 Å². The summed E-state index contributed by atoms with van der Waals surface area (Å²) in [6.07, 6.45) is 19.0. The summed E-state index contributed by atoms with van der Waals surface area (Å²) in [4.78, 5) is 27.1. The summed E-state index contributed by atoms with van der Waals surface area (Å²) < 4.78 is 6.73. The molecule has 1 aliphatic carbocycles. The lowest BCUT2D eigenvalue weighted by Gasteiger charge is -2.14. The molecule has 6 aromatic heterocycles. The van der Waals surface area contributed by atoms with Gasteiger partial charge in [-0.15, -0.1) is 0 Å². The minimum atomic E-state index is 0.616. The van der Waals surface area contributed by atoms with Crippen LogP contribution in [0.4, 0.5) is 0 Å². The summed E-state index contributed by atoms with van der Waals surface area (Å²) in [7, 11) is 0. The Hall–Kier alpha value is -7.52. The van der Waals surface area contributed by atoms with E-state index < -0.39 is 0 Å². The number of nitrogens with zero attached hydrogens (tertiary/aromatic N) is 9. The molecule has 10 aromatic rings. The van der Waals surface area contributed by atoms with Gasteiger partial charge >= 0.3 is 0 Å². The Balaban J connectivity index is 1.03. The average molecular weight is 710 g/mol. The van der Waals surface area contributed by atoms with Crippen LogP contribution < -0.4 is 0 Å². The van der Waals surface area contributed by atoms with Gasteiger partial charge < -0.3 is 4.57 Å². The molecule has 0 radical (unpaired) electrons. The van der Waals surface area contributed by atoms with Gasteiger partial charge in [-0.05, 0) is 96.3 Å². The van der Waals surface area contributed by atoms with Gasteiger partial charge in [-0.1, -0.05) is 54.6 Å². The van der Waals surface area contributed by atoms with E-state index in [-0.39, 0.29) is 0 Å². The highest BCUT2D eigenvalue weighted by molar-refractivity contribution is 6.10. The van der Waals surface area contributed by atoms with Crippen LogP contribution in [0.3, 0.4) is 0 Å². The largest absolute Gasteiger partial charge is 0.308 e. The van der Waals surface area contributed by atoms with Crippen molar-refractivity contribution in [3.8, 4) is 51.0 Å². The van der Waals surface area contributed by atoms with E-state index >= 15 is 0 Å². The molecule has 0 unspecified atom stereocenters. The standard InChI is InChI=1S/C46H31N9/c1-2-10-34(11-3-1)53-21-20-49-45(53)32-9-6-8-30(22-32)31-16-17-42-39(23-31)38-18-19-47-27-43(38)54(42)35-12-7-13-36(25-35)55-41-15-5-4-14-37(41)40-24-33(26-50-46(40)55)44-51-28-48-29-52-44/h1-3,5-13,15-29H,4,14H2. The fourth-order valence-electron chi connectivity index (χ4n) is 8.13. The molecule has 9 heteroatoms. The molecule has 1 aliphatic rings. The molecule has 0 atom stereocenters. The molecule has 6 heterocycles. The number of benzene rings is 4. The van der Waals surface area contributed by atoms with Gasteiger partial charge in [-0.3, -0.25) is 14.1 Å². The van der Waals surface area contributed by atoms with Gasteiger partial charge in [-0.2, -0.15) is 0 Å². The molecule has 11 rings (SSSR count). The van der Waals surface area contributed by atoms with Crippen LogP contribution in [0.1, 0.15) is 17.7 Å². The summed E-state index contributed by atoms with van der Waals surface area (Å²) in [6.45, 7) is 0. The highest BCUT2D eigenvalue weighted by Gasteiger charge is 2.22. The predicted molar refractivity (Wildman–Crippen MR) is 217 cm³/mol. The maximum Gasteiger partial charge on any atom is 0.164 e. The molecular formula is C46H31N9. The van der Waals surface area contributed by atoms with Crippen LogP contribution in [-0.2, 0) is 6.42 Å². The first-order valence-corrected chi connectivity index (χ1v) is 18.3. The summed E-state index contributed by atoms with van der Waals surface area (Å²) in [6, 6.07) is 38.7. The Labute approximate surface area is 315 Å². The lowest BCUT2D eigenvalue weighted by atomic mass is 10.0. The highest BCUT2D eigenvalue weighted by atomic mass is 15.1. The smallest absolute Gasteiger partial charge is 0.164 e. The zero-order chi connectivity index (χ0) is 36.3. The van der Waals surface area contributed by atoms with E-state index in [0.717, 1.165) is 96.5 Å². The number of aromatic nitrogens is 9. The van der Waals surface area contributed by atoms with E-state index in [1.165, 1.54) is 18.2 Å². The van der Waals surface area contributed by atoms with Crippen molar-refractivity contribution in [2.24, 2.45) is 0 Å². The van der Waals surface area contributed by atoms with Crippen molar-refractivity contribution in [2.45, 2.75) is 12.8 Å². The maximum absolute atomic E-state index is 5.02. The molecule has 0 saturated carbocycles. The van der Waals surface area contributed by atoms with Crippen LogP contribution >= 0.6 is 0 Å². The lowest BCUT2D eigenvalue weighted by Crippen LogP contribution is -2.02. The predicted octanol–water partition coefficient (Wildman–Crippen LogP) is 9.85. The van der Waals surface area contributed by atoms with Crippen molar-refractivity contribution in [1.82, 2.24) is 43.6 Å². The molecule has 0 fully saturated rings. The van der Waals surface area contributed by atoms with E-state index in [4.69, 9.17) is 9.97 Å². The van der Waals surface area contributed by atoms with Crippen molar-refractivity contribution in [3.05, 3.63) is 170 Å². The van der Waals surface area contributed by atoms with Crippen molar-refractivity contribution < 1.29 is 0 Å². The third kappa shape index (κ3) is 5.08. The second kappa shape index (κ2) is 12.6. The Morgan fingerprint density at radius 2 is 1.33 bits per heavy atom. The summed E-state index contributed by atoms with van der Waals surface area (Å²) in [5.41, 5.74) is 12.9. The average Bonchev–Trinajstić information content (AvgIpc) is 3.97. The van der Waals surface area contributed by atoms with Gasteiger partial charge in [0.1, 0.15) is 24.1 Å². The molecule has 0 aliphatic heterocycles. The SMILES string of the molecule is C1=Cc2c(c3cc(-c4ncncn4)cnc3n2-c2cccc(-n3c4ccc(-c5cccc(-c6nccn6-c6ccccc6)c5)cc4c4ccncc43)c2)CC1. The number of fused-ring (bicyclic) bond motifs is 6. The zero-order valence-corrected chi connectivity index (χ0v) is 29.5. The number of hydrogen-bond donors (Lipinski definition) is 0. The Morgan fingerprint density at radius 1 is 0.527 bits per heavy atom. The van der Waals surface area contributed by atoms with Gasteiger partial charge in [0.25, 0.3) is 0 Å². The van der Waals surface area contributed by atoms with Crippen LogP contribution in [0.15, 0.2) is 159 Å². The van der Waals surface area contributed by atoms with E-state index in [0.29, 0.717) is 5.82 Å². The minimum absolute atomic E-state index is 0.616. The number of para-hydroxylation sites is 1. The van der Waals surface area contributed by atoms with E-state index in [1.807, 2.05) is 49.2 Å². The first-order chi connectivity index (χ1) is 27.3. The van der Waals surface area contributed by atoms with Gasteiger partial charge in [0.2, 0.25) is 0 Å². The Bertz CT molecular complexity index is 3100. The topological polar surface area (TPSA) is 92.1 Å². The number of rotatable bonds is 6. The van der Waals surface area contributed by atoms with Gasteiger partial charge in [0.15, 0.2) is 5.82 Å². The Morgan fingerprint density at radius 3 is 2.24 bits per heavy atom. The molecular weight excluding hydrogens is 679 g/mol. The third-order valence-electron chi connectivity index (χ3n) is 10.6. The molecule has 55 heavy (non-hydrogen) atoms. The monoisotopic (exact) mass is 709 g/mol. The normalized spacial score (nSPS) is 12.5. The molecule has 9 nitrogen and oxygen atoms in total. The minimum Gasteiger partial charge on any atom is -0.308 e. The second-order valence-corrected chi connectivity index (χ2v) is 13.7. The van der Waals surface area contributed by atoms with E-state index in [9.17, 15) is 0 Å². The molecule has 0 spiro atoms.